The van der Waals surface area contributed by atoms with Gasteiger partial charge in [0.1, 0.15) is 22.4 Å². The van der Waals surface area contributed by atoms with E-state index in [1.165, 1.54) is 0 Å². The lowest BCUT2D eigenvalue weighted by Crippen LogP contribution is -2.41. The standard InChI is InChI=1S/C38H74N4O8/c1-15-39(31(43)47-35(3,4)5)27-23-29-41(33(45)49-37(9,10)11)25-21-19-17-18-20-22-26-42(34(46)50-38(12,13)14)30-24-28-40(16-2)32(44)48-36(6,7)8/h15-30H2,1-14H3. The molecule has 0 bridgehead atoms. The minimum Gasteiger partial charge on any atom is -0.444 e. The topological polar surface area (TPSA) is 118 Å². The first-order valence-corrected chi connectivity index (χ1v) is 18.8. The van der Waals surface area contributed by atoms with Gasteiger partial charge < -0.3 is 38.5 Å². The summed E-state index contributed by atoms with van der Waals surface area (Å²) in [6, 6.07) is 0. The molecule has 0 fully saturated rings. The molecule has 50 heavy (non-hydrogen) atoms. The highest BCUT2D eigenvalue weighted by Crippen LogP contribution is 2.16. The van der Waals surface area contributed by atoms with E-state index in [1.54, 1.807) is 19.6 Å². The Labute approximate surface area is 304 Å². The van der Waals surface area contributed by atoms with Crippen LogP contribution < -0.4 is 0 Å². The van der Waals surface area contributed by atoms with E-state index >= 15 is 0 Å². The van der Waals surface area contributed by atoms with Gasteiger partial charge >= 0.3 is 24.4 Å². The normalized spacial score (nSPS) is 12.2. The molecule has 0 aliphatic heterocycles. The molecule has 0 atom stereocenters. The maximum atomic E-state index is 13.0. The van der Waals surface area contributed by atoms with Gasteiger partial charge in [-0.05, 0) is 123 Å². The third-order valence-corrected chi connectivity index (χ3v) is 7.19. The van der Waals surface area contributed by atoms with Gasteiger partial charge in [-0.15, -0.1) is 0 Å². The van der Waals surface area contributed by atoms with Gasteiger partial charge in [-0.2, -0.15) is 0 Å². The van der Waals surface area contributed by atoms with E-state index in [0.717, 1.165) is 38.5 Å². The molecule has 294 valence electrons. The molecule has 0 aromatic heterocycles. The SMILES string of the molecule is CCN(CCCN(CCCCCCCCN(CCCN(CC)C(=O)OC(C)(C)C)C(=O)OC(C)(C)C)C(=O)OC(C)(C)C)C(=O)OC(C)(C)C. The van der Waals surface area contributed by atoms with Gasteiger partial charge in [0.25, 0.3) is 0 Å². The summed E-state index contributed by atoms with van der Waals surface area (Å²) in [7, 11) is 0. The van der Waals surface area contributed by atoms with Crippen LogP contribution in [0.1, 0.15) is 148 Å². The molecule has 0 aromatic rings. The van der Waals surface area contributed by atoms with E-state index in [9.17, 15) is 19.2 Å². The quantitative estimate of drug-likeness (QED) is 0.0961. The van der Waals surface area contributed by atoms with Gasteiger partial charge in [0, 0.05) is 52.4 Å². The first-order chi connectivity index (χ1) is 22.9. The molecular formula is C38H74N4O8. The first-order valence-electron chi connectivity index (χ1n) is 18.8. The van der Waals surface area contributed by atoms with Gasteiger partial charge in [0.2, 0.25) is 0 Å². The smallest absolute Gasteiger partial charge is 0.410 e. The number of unbranched alkanes of at least 4 members (excludes halogenated alkanes) is 5. The molecule has 0 spiro atoms. The van der Waals surface area contributed by atoms with Crippen LogP contribution in [-0.4, -0.2) is 119 Å². The monoisotopic (exact) mass is 715 g/mol. The molecule has 0 saturated carbocycles. The Morgan fingerprint density at radius 3 is 0.780 bits per heavy atom. The second-order valence-electron chi connectivity index (χ2n) is 16.9. The summed E-state index contributed by atoms with van der Waals surface area (Å²) < 4.78 is 22.4. The number of hydrogen-bond acceptors (Lipinski definition) is 8. The van der Waals surface area contributed by atoms with Crippen LogP contribution in [-0.2, 0) is 18.9 Å². The zero-order valence-electron chi connectivity index (χ0n) is 34.4. The molecule has 12 nitrogen and oxygen atoms in total. The molecular weight excluding hydrogens is 640 g/mol. The molecule has 0 heterocycles. The summed E-state index contributed by atoms with van der Waals surface area (Å²) >= 11 is 0. The Bertz CT molecular complexity index is 928. The molecule has 0 aromatic carbocycles. The summed E-state index contributed by atoms with van der Waals surface area (Å²) in [4.78, 5) is 57.8. The van der Waals surface area contributed by atoms with Crippen LogP contribution in [0.3, 0.4) is 0 Å². The summed E-state index contributed by atoms with van der Waals surface area (Å²) in [6.45, 7) is 30.3. The van der Waals surface area contributed by atoms with Crippen LogP contribution in [0.15, 0.2) is 0 Å². The number of carbonyl (C=O) groups excluding carboxylic acids is 4. The van der Waals surface area contributed by atoms with Gasteiger partial charge in [0.15, 0.2) is 0 Å². The van der Waals surface area contributed by atoms with E-state index in [-0.39, 0.29) is 24.4 Å². The lowest BCUT2D eigenvalue weighted by molar-refractivity contribution is 0.0187. The summed E-state index contributed by atoms with van der Waals surface area (Å²) in [5.41, 5.74) is -2.32. The lowest BCUT2D eigenvalue weighted by atomic mass is 10.1. The minimum atomic E-state index is -0.595. The van der Waals surface area contributed by atoms with Crippen LogP contribution in [0.25, 0.3) is 0 Å². The molecule has 0 rings (SSSR count). The summed E-state index contributed by atoms with van der Waals surface area (Å²) in [6.07, 6.45) is 5.51. The van der Waals surface area contributed by atoms with Crippen molar-refractivity contribution in [2.45, 2.75) is 171 Å². The van der Waals surface area contributed by atoms with Crippen LogP contribution in [0.5, 0.6) is 0 Å². The highest BCUT2D eigenvalue weighted by Gasteiger charge is 2.26. The maximum absolute atomic E-state index is 13.0. The van der Waals surface area contributed by atoms with Crippen molar-refractivity contribution in [2.75, 3.05) is 52.4 Å². The Hall–Kier alpha value is -2.92. The second kappa shape index (κ2) is 22.1. The van der Waals surface area contributed by atoms with E-state index in [1.807, 2.05) is 96.9 Å². The average molecular weight is 715 g/mol. The van der Waals surface area contributed by atoms with Crippen molar-refractivity contribution >= 4 is 24.4 Å². The average Bonchev–Trinajstić information content (AvgIpc) is 2.92. The molecule has 0 N–H and O–H groups in total. The maximum Gasteiger partial charge on any atom is 0.410 e. The van der Waals surface area contributed by atoms with Crippen LogP contribution in [0.2, 0.25) is 0 Å². The molecule has 12 heteroatoms. The third kappa shape index (κ3) is 24.3. The number of carbonyl (C=O) groups is 4. The minimum absolute atomic E-state index is 0.340. The van der Waals surface area contributed by atoms with E-state index in [0.29, 0.717) is 65.2 Å². The fraction of sp³-hybridized carbons (Fsp3) is 0.895. The predicted octanol–water partition coefficient (Wildman–Crippen LogP) is 9.10. The largest absolute Gasteiger partial charge is 0.444 e. The number of hydrogen-bond donors (Lipinski definition) is 0. The highest BCUT2D eigenvalue weighted by atomic mass is 16.6. The lowest BCUT2D eigenvalue weighted by Gasteiger charge is -2.29. The molecule has 0 unspecified atom stereocenters. The zero-order valence-corrected chi connectivity index (χ0v) is 34.4. The first kappa shape index (κ1) is 47.1. The van der Waals surface area contributed by atoms with Gasteiger partial charge in [-0.3, -0.25) is 0 Å². The fourth-order valence-corrected chi connectivity index (χ4v) is 4.87. The third-order valence-electron chi connectivity index (χ3n) is 7.19. The molecule has 0 radical (unpaired) electrons. The number of nitrogens with zero attached hydrogens (tertiary/aromatic N) is 4. The molecule has 0 saturated heterocycles. The number of rotatable bonds is 19. The van der Waals surface area contributed by atoms with Crippen molar-refractivity contribution < 1.29 is 38.1 Å². The van der Waals surface area contributed by atoms with Crippen LogP contribution in [0.4, 0.5) is 19.2 Å². The summed E-state index contributed by atoms with van der Waals surface area (Å²) in [5.74, 6) is 0. The van der Waals surface area contributed by atoms with E-state index < -0.39 is 22.4 Å². The van der Waals surface area contributed by atoms with E-state index in [2.05, 4.69) is 0 Å². The van der Waals surface area contributed by atoms with Crippen molar-refractivity contribution in [1.82, 2.24) is 19.6 Å². The Kier molecular flexibility index (Phi) is 20.8. The van der Waals surface area contributed by atoms with Gasteiger partial charge in [-0.1, -0.05) is 25.7 Å². The Balaban J connectivity index is 4.92. The number of amides is 4. The van der Waals surface area contributed by atoms with Crippen LogP contribution >= 0.6 is 0 Å². The number of ether oxygens (including phenoxy) is 4. The molecule has 4 amide bonds. The van der Waals surface area contributed by atoms with Crippen molar-refractivity contribution in [1.29, 1.82) is 0 Å². The van der Waals surface area contributed by atoms with Crippen molar-refractivity contribution in [3.05, 3.63) is 0 Å². The van der Waals surface area contributed by atoms with Crippen molar-refractivity contribution in [3.63, 3.8) is 0 Å². The van der Waals surface area contributed by atoms with Crippen molar-refractivity contribution in [2.24, 2.45) is 0 Å². The van der Waals surface area contributed by atoms with Crippen molar-refractivity contribution in [3.8, 4) is 0 Å². The van der Waals surface area contributed by atoms with Gasteiger partial charge in [0.05, 0.1) is 0 Å². The predicted molar refractivity (Wildman–Crippen MR) is 200 cm³/mol. The molecule has 0 aliphatic rings. The Morgan fingerprint density at radius 2 is 0.540 bits per heavy atom. The zero-order chi connectivity index (χ0) is 38.8. The molecule has 0 aliphatic carbocycles. The second-order valence-corrected chi connectivity index (χ2v) is 16.9. The fourth-order valence-electron chi connectivity index (χ4n) is 4.87. The van der Waals surface area contributed by atoms with E-state index in [4.69, 9.17) is 18.9 Å². The highest BCUT2D eigenvalue weighted by molar-refractivity contribution is 5.69. The van der Waals surface area contributed by atoms with Crippen LogP contribution in [0, 0.1) is 0 Å². The Morgan fingerprint density at radius 1 is 0.340 bits per heavy atom. The van der Waals surface area contributed by atoms with Gasteiger partial charge in [-0.25, -0.2) is 19.2 Å². The summed E-state index contributed by atoms with van der Waals surface area (Å²) in [5, 5.41) is 0.